The fraction of sp³-hybridized carbons (Fsp3) is 0.879. The van der Waals surface area contributed by atoms with E-state index in [9.17, 15) is 65.4 Å². The van der Waals surface area contributed by atoms with Gasteiger partial charge in [-0.05, 0) is 105 Å². The van der Waals surface area contributed by atoms with E-state index in [1.807, 2.05) is 20.8 Å². The van der Waals surface area contributed by atoms with E-state index in [4.69, 9.17) is 42.6 Å². The number of carbonyl (C=O) groups excluding carboxylic acids is 3. The van der Waals surface area contributed by atoms with Crippen molar-refractivity contribution in [2.24, 2.45) is 50.2 Å². The first-order valence-electron chi connectivity index (χ1n) is 28.9. The van der Waals surface area contributed by atoms with Gasteiger partial charge in [-0.15, -0.1) is 0 Å². The van der Waals surface area contributed by atoms with E-state index in [0.29, 0.717) is 56.9 Å². The number of aliphatic hydroxyl groups is 10. The highest BCUT2D eigenvalue weighted by molar-refractivity contribution is 5.88. The van der Waals surface area contributed by atoms with Gasteiger partial charge in [-0.2, -0.15) is 0 Å². The summed E-state index contributed by atoms with van der Waals surface area (Å²) in [4.78, 5) is 40.4. The second-order valence-electron chi connectivity index (χ2n) is 26.4. The zero-order valence-corrected chi connectivity index (χ0v) is 48.3. The summed E-state index contributed by atoms with van der Waals surface area (Å²) in [5.41, 5.74) is -2.83. The molecule has 0 spiro atoms. The van der Waals surface area contributed by atoms with Crippen molar-refractivity contribution in [3.8, 4) is 0 Å². The number of ether oxygens (including phenoxy) is 9. The van der Waals surface area contributed by atoms with Crippen molar-refractivity contribution in [1.82, 2.24) is 0 Å². The molecule has 25 atom stereocenters. The standard InChI is InChI=1S/C58H92O22/c1-12-14-21-72-49(71)44-42(69)43(77-50-40(67)38(65)32(25-60)75-50)45(79-51-41(68)39(66)37(64)31(24-59)74-51)52(78-44)76-36-18-19-55(9)33(54(36,7)8)17-20-56(10)34(55)16-15-29-30-22-53(5,6)46(73-28(4)62)47(80-48(70)27(3)13-2)58(30,26-61)35(63)23-57(29,56)11/h13,15,30-47,50-52,59-61,63-69H,12,14,16-26H2,1-11H3/b27-13-/t30?,31-,32+,33?,34?,35-,36+,37+,38+,39+,40-,41-,42+,43+,44+,45-,46+,47+,50+,51+,52-,55+,56-,57-,58+/m1/s1. The van der Waals surface area contributed by atoms with Crippen LogP contribution in [0.3, 0.4) is 0 Å². The van der Waals surface area contributed by atoms with Crippen LogP contribution in [-0.4, -0.2) is 206 Å². The molecule has 22 nitrogen and oxygen atoms in total. The van der Waals surface area contributed by atoms with Crippen LogP contribution in [0.1, 0.15) is 134 Å². The lowest BCUT2D eigenvalue weighted by molar-refractivity contribution is -0.386. The molecule has 3 saturated heterocycles. The maximum atomic E-state index is 13.9. The van der Waals surface area contributed by atoms with E-state index in [-0.39, 0.29) is 30.3 Å². The van der Waals surface area contributed by atoms with E-state index < -0.39 is 181 Å². The van der Waals surface area contributed by atoms with Crippen LogP contribution < -0.4 is 0 Å². The Balaban J connectivity index is 1.14. The van der Waals surface area contributed by atoms with Gasteiger partial charge in [-0.25, -0.2) is 9.59 Å². The molecule has 3 aliphatic heterocycles. The molecule has 0 radical (unpaired) electrons. The predicted octanol–water partition coefficient (Wildman–Crippen LogP) is 1.60. The van der Waals surface area contributed by atoms with Crippen LogP contribution in [0.5, 0.6) is 0 Å². The van der Waals surface area contributed by atoms with E-state index in [0.717, 1.165) is 5.57 Å². The first-order valence-corrected chi connectivity index (χ1v) is 28.9. The molecule has 22 heteroatoms. The molecule has 0 bridgehead atoms. The third-order valence-electron chi connectivity index (χ3n) is 21.3. The van der Waals surface area contributed by atoms with Crippen LogP contribution in [0.15, 0.2) is 23.3 Å². The average molecular weight is 1140 g/mol. The Labute approximate surface area is 469 Å². The molecule has 80 heavy (non-hydrogen) atoms. The Morgan fingerprint density at radius 1 is 0.700 bits per heavy atom. The molecule has 0 aromatic heterocycles. The zero-order valence-electron chi connectivity index (χ0n) is 48.3. The summed E-state index contributed by atoms with van der Waals surface area (Å²) >= 11 is 0. The molecular formula is C58H92O22. The van der Waals surface area contributed by atoms with Crippen molar-refractivity contribution in [2.45, 2.75) is 244 Å². The van der Waals surface area contributed by atoms with Crippen LogP contribution in [-0.2, 0) is 57.0 Å². The summed E-state index contributed by atoms with van der Waals surface area (Å²) < 4.78 is 55.4. The Morgan fingerprint density at radius 2 is 1.31 bits per heavy atom. The molecule has 456 valence electrons. The SMILES string of the molecule is C/C=C(/C)C(=O)O[C@H]1[C@H](OC(C)=O)C(C)(C)CC2C3=CCC4[C@@]5(C)CC[C@H](O[C@@H]6O[C@H](C(=O)OCCCC)[C@@H](O)[C@H](O[C@@H]7O[C@@H](CO)[C@H](O)[C@H]7O)[C@H]6O[C@@H]6O[C@H](CO)[C@H](O)[C@H](O)[C@H]6O)C(C)(C)C5CC[C@@]4(C)[C@]3(C)C[C@@H](O)[C@]21CO. The molecule has 0 amide bonds. The van der Waals surface area contributed by atoms with Crippen LogP contribution in [0.4, 0.5) is 0 Å². The molecule has 8 rings (SSSR count). The summed E-state index contributed by atoms with van der Waals surface area (Å²) in [7, 11) is 0. The number of rotatable bonds is 16. The number of esters is 3. The lowest BCUT2D eigenvalue weighted by Crippen LogP contribution is -2.72. The predicted molar refractivity (Wildman–Crippen MR) is 280 cm³/mol. The first-order chi connectivity index (χ1) is 37.5. The van der Waals surface area contributed by atoms with Crippen molar-refractivity contribution in [3.63, 3.8) is 0 Å². The minimum atomic E-state index is -1.97. The van der Waals surface area contributed by atoms with E-state index in [1.54, 1.807) is 19.9 Å². The molecule has 3 heterocycles. The van der Waals surface area contributed by atoms with Gasteiger partial charge in [0, 0.05) is 17.9 Å². The highest BCUT2D eigenvalue weighted by atomic mass is 16.8. The molecule has 0 aromatic carbocycles. The molecular weight excluding hydrogens is 1050 g/mol. The molecule has 4 saturated carbocycles. The van der Waals surface area contributed by atoms with Gasteiger partial charge < -0.3 is 93.7 Å². The number of allylic oxidation sites excluding steroid dienone is 3. The zero-order chi connectivity index (χ0) is 59.0. The quantitative estimate of drug-likeness (QED) is 0.0262. The Morgan fingerprint density at radius 3 is 1.90 bits per heavy atom. The number of carbonyl (C=O) groups is 3. The lowest BCUT2D eigenvalue weighted by atomic mass is 9.33. The van der Waals surface area contributed by atoms with Gasteiger partial charge in [0.15, 0.2) is 31.1 Å². The van der Waals surface area contributed by atoms with Crippen LogP contribution in [0, 0.1) is 50.2 Å². The summed E-state index contributed by atoms with van der Waals surface area (Å²) in [6.07, 6.45) is -19.4. The Hall–Kier alpha value is -2.75. The van der Waals surface area contributed by atoms with Gasteiger partial charge in [-0.3, -0.25) is 4.79 Å². The normalized spacial score (nSPS) is 47.8. The molecule has 10 N–H and O–H groups in total. The topological polar surface area (TPSA) is 337 Å². The third kappa shape index (κ3) is 10.4. The molecule has 7 fully saturated rings. The highest BCUT2D eigenvalue weighted by Gasteiger charge is 2.74. The molecule has 3 unspecified atom stereocenters. The van der Waals surface area contributed by atoms with Gasteiger partial charge in [0.05, 0.1) is 44.1 Å². The maximum absolute atomic E-state index is 13.9. The minimum Gasteiger partial charge on any atom is -0.464 e. The highest BCUT2D eigenvalue weighted by Crippen LogP contribution is 2.76. The first kappa shape index (κ1) is 63.3. The third-order valence-corrected chi connectivity index (χ3v) is 21.3. The maximum Gasteiger partial charge on any atom is 0.338 e. The number of aliphatic hydroxyl groups excluding tert-OH is 10. The van der Waals surface area contributed by atoms with Crippen LogP contribution >= 0.6 is 0 Å². The monoisotopic (exact) mass is 1140 g/mol. The smallest absolute Gasteiger partial charge is 0.338 e. The summed E-state index contributed by atoms with van der Waals surface area (Å²) in [5.74, 6) is -2.63. The fourth-order valence-corrected chi connectivity index (χ4v) is 16.4. The molecule has 8 aliphatic rings. The van der Waals surface area contributed by atoms with Gasteiger partial charge >= 0.3 is 17.9 Å². The second-order valence-corrected chi connectivity index (χ2v) is 26.4. The second kappa shape index (κ2) is 23.6. The summed E-state index contributed by atoms with van der Waals surface area (Å²) in [6.45, 7) is 19.5. The Kier molecular flexibility index (Phi) is 18.7. The lowest BCUT2D eigenvalue weighted by Gasteiger charge is -2.72. The van der Waals surface area contributed by atoms with Crippen molar-refractivity contribution in [1.29, 1.82) is 0 Å². The number of hydrogen-bond donors (Lipinski definition) is 10. The van der Waals surface area contributed by atoms with E-state index in [2.05, 4.69) is 40.7 Å². The minimum absolute atomic E-state index is 0.0205. The number of fused-ring (bicyclic) bond motifs is 7. The number of hydrogen-bond acceptors (Lipinski definition) is 22. The fourth-order valence-electron chi connectivity index (χ4n) is 16.4. The van der Waals surface area contributed by atoms with Crippen LogP contribution in [0.25, 0.3) is 0 Å². The van der Waals surface area contributed by atoms with Crippen LogP contribution in [0.2, 0.25) is 0 Å². The van der Waals surface area contributed by atoms with Gasteiger partial charge in [0.25, 0.3) is 0 Å². The van der Waals surface area contributed by atoms with E-state index >= 15 is 0 Å². The van der Waals surface area contributed by atoms with Crippen molar-refractivity contribution in [3.05, 3.63) is 23.3 Å². The molecule has 0 aromatic rings. The molecule has 5 aliphatic carbocycles. The number of unbranched alkanes of at least 4 members (excludes halogenated alkanes) is 1. The Bertz CT molecular complexity index is 2290. The summed E-state index contributed by atoms with van der Waals surface area (Å²) in [6, 6.07) is 0. The van der Waals surface area contributed by atoms with Gasteiger partial charge in [0.1, 0.15) is 67.1 Å². The summed E-state index contributed by atoms with van der Waals surface area (Å²) in [5, 5.41) is 111. The van der Waals surface area contributed by atoms with Crippen molar-refractivity contribution >= 4 is 17.9 Å². The van der Waals surface area contributed by atoms with Crippen molar-refractivity contribution < 1.29 is 108 Å². The average Bonchev–Trinajstić information content (AvgIpc) is 3.81. The van der Waals surface area contributed by atoms with Crippen molar-refractivity contribution in [2.75, 3.05) is 26.4 Å². The van der Waals surface area contributed by atoms with Gasteiger partial charge in [0.2, 0.25) is 0 Å². The van der Waals surface area contributed by atoms with Gasteiger partial charge in [-0.1, -0.05) is 79.5 Å². The largest absolute Gasteiger partial charge is 0.464 e. The van der Waals surface area contributed by atoms with E-state index in [1.165, 1.54) is 6.92 Å².